The van der Waals surface area contributed by atoms with Crippen molar-refractivity contribution < 1.29 is 19.5 Å². The zero-order valence-corrected chi connectivity index (χ0v) is 13.7. The van der Waals surface area contributed by atoms with Crippen molar-refractivity contribution in [2.45, 2.75) is 25.8 Å². The Hall–Kier alpha value is -2.37. The Labute approximate surface area is 141 Å². The van der Waals surface area contributed by atoms with Crippen LogP contribution in [0.15, 0.2) is 30.3 Å². The Morgan fingerprint density at radius 3 is 2.50 bits per heavy atom. The molecule has 6 nitrogen and oxygen atoms in total. The van der Waals surface area contributed by atoms with Gasteiger partial charge in [0.15, 0.2) is 0 Å². The molecule has 2 aliphatic rings. The van der Waals surface area contributed by atoms with E-state index in [1.54, 1.807) is 9.80 Å². The molecular weight excluding hydrogens is 308 g/mol. The summed E-state index contributed by atoms with van der Waals surface area (Å²) in [5, 5.41) is 9.06. The molecule has 2 heterocycles. The minimum atomic E-state index is -0.855. The van der Waals surface area contributed by atoms with E-state index in [4.69, 9.17) is 5.11 Å². The first-order valence-corrected chi connectivity index (χ1v) is 8.33. The second-order valence-corrected chi connectivity index (χ2v) is 6.64. The first-order valence-electron chi connectivity index (χ1n) is 8.33. The highest BCUT2D eigenvalue weighted by Gasteiger charge is 2.41. The van der Waals surface area contributed by atoms with Gasteiger partial charge in [-0.2, -0.15) is 0 Å². The van der Waals surface area contributed by atoms with Crippen LogP contribution in [0.2, 0.25) is 0 Å². The van der Waals surface area contributed by atoms with Gasteiger partial charge >= 0.3 is 5.97 Å². The molecule has 0 aliphatic carbocycles. The average Bonchev–Trinajstić information content (AvgIpc) is 3.21. The van der Waals surface area contributed by atoms with E-state index < -0.39 is 11.9 Å². The number of rotatable bonds is 4. The predicted molar refractivity (Wildman–Crippen MR) is 87.0 cm³/mol. The maximum atomic E-state index is 12.6. The molecule has 0 radical (unpaired) electrons. The minimum absolute atomic E-state index is 0.0151. The predicted octanol–water partition coefficient (Wildman–Crippen LogP) is 1.53. The first-order chi connectivity index (χ1) is 11.5. The molecule has 6 heteroatoms. The number of likely N-dealkylation sites (tertiary alicyclic amines) is 2. The van der Waals surface area contributed by atoms with Gasteiger partial charge in [-0.15, -0.1) is 0 Å². The minimum Gasteiger partial charge on any atom is -0.481 e. The number of hydrogen-bond donors (Lipinski definition) is 1. The van der Waals surface area contributed by atoms with Gasteiger partial charge in [0.1, 0.15) is 0 Å². The van der Waals surface area contributed by atoms with Gasteiger partial charge in [0.25, 0.3) is 0 Å². The van der Waals surface area contributed by atoms with Crippen molar-refractivity contribution in [2.24, 2.45) is 11.8 Å². The van der Waals surface area contributed by atoms with Crippen molar-refractivity contribution in [2.75, 3.05) is 19.6 Å². The van der Waals surface area contributed by atoms with Crippen molar-refractivity contribution in [1.29, 1.82) is 0 Å². The number of carboxylic acids is 1. The van der Waals surface area contributed by atoms with Crippen LogP contribution in [-0.4, -0.2) is 52.3 Å². The van der Waals surface area contributed by atoms with Crippen molar-refractivity contribution in [3.63, 3.8) is 0 Å². The summed E-state index contributed by atoms with van der Waals surface area (Å²) in [6, 6.07) is 9.69. The number of hydrogen-bond acceptors (Lipinski definition) is 3. The van der Waals surface area contributed by atoms with Gasteiger partial charge in [-0.3, -0.25) is 14.4 Å². The molecule has 128 valence electrons. The maximum Gasteiger partial charge on any atom is 0.308 e. The van der Waals surface area contributed by atoms with E-state index in [9.17, 15) is 14.4 Å². The smallest absolute Gasteiger partial charge is 0.308 e. The third kappa shape index (κ3) is 3.13. The monoisotopic (exact) mass is 330 g/mol. The molecule has 0 bridgehead atoms. The van der Waals surface area contributed by atoms with Crippen LogP contribution in [0.25, 0.3) is 0 Å². The molecule has 0 saturated carbocycles. The highest BCUT2D eigenvalue weighted by atomic mass is 16.4. The third-order valence-electron chi connectivity index (χ3n) is 5.11. The topological polar surface area (TPSA) is 77.9 Å². The van der Waals surface area contributed by atoms with Crippen LogP contribution in [0.4, 0.5) is 0 Å². The zero-order valence-electron chi connectivity index (χ0n) is 13.7. The lowest BCUT2D eigenvalue weighted by Crippen LogP contribution is -2.36. The Morgan fingerprint density at radius 1 is 1.17 bits per heavy atom. The van der Waals surface area contributed by atoms with Gasteiger partial charge in [-0.25, -0.2) is 0 Å². The van der Waals surface area contributed by atoms with E-state index in [1.165, 1.54) is 0 Å². The zero-order chi connectivity index (χ0) is 17.3. The van der Waals surface area contributed by atoms with Crippen molar-refractivity contribution in [1.82, 2.24) is 9.80 Å². The van der Waals surface area contributed by atoms with E-state index in [1.807, 2.05) is 37.3 Å². The van der Waals surface area contributed by atoms with Crippen molar-refractivity contribution in [3.8, 4) is 0 Å². The lowest BCUT2D eigenvalue weighted by atomic mass is 10.1. The van der Waals surface area contributed by atoms with Crippen LogP contribution in [0.5, 0.6) is 0 Å². The van der Waals surface area contributed by atoms with Gasteiger partial charge in [-0.05, 0) is 18.9 Å². The number of amides is 2. The lowest BCUT2D eigenvalue weighted by molar-refractivity contribution is -0.141. The van der Waals surface area contributed by atoms with Crippen LogP contribution in [-0.2, 0) is 14.4 Å². The normalized spacial score (nSPS) is 25.1. The molecule has 0 aromatic heterocycles. The summed E-state index contributed by atoms with van der Waals surface area (Å²) in [7, 11) is 0. The van der Waals surface area contributed by atoms with Gasteiger partial charge < -0.3 is 14.9 Å². The van der Waals surface area contributed by atoms with Crippen molar-refractivity contribution in [3.05, 3.63) is 35.9 Å². The van der Waals surface area contributed by atoms with E-state index in [0.717, 1.165) is 5.56 Å². The summed E-state index contributed by atoms with van der Waals surface area (Å²) < 4.78 is 0. The summed E-state index contributed by atoms with van der Waals surface area (Å²) in [4.78, 5) is 39.4. The standard InChI is InChI=1S/C18H22N2O4/c1-12(13-5-3-2-4-6-13)20-11-15(9-16(20)21)17(22)19-8-7-14(10-19)18(23)24/h2-6,12,14-15H,7-11H2,1H3,(H,23,24)/t12-,14-,15+/m1/s1. The van der Waals surface area contributed by atoms with Crippen LogP contribution in [0, 0.1) is 11.8 Å². The molecule has 2 amide bonds. The summed E-state index contributed by atoms with van der Waals surface area (Å²) in [5.74, 6) is -1.80. The average molecular weight is 330 g/mol. The molecule has 3 rings (SSSR count). The molecular formula is C18H22N2O4. The fraction of sp³-hybridized carbons (Fsp3) is 0.500. The SMILES string of the molecule is C[C@H](c1ccccc1)N1C[C@@H](C(=O)N2CC[C@@H](C(=O)O)C2)CC1=O. The molecule has 2 fully saturated rings. The maximum absolute atomic E-state index is 12.6. The van der Waals surface area contributed by atoms with E-state index >= 15 is 0 Å². The highest BCUT2D eigenvalue weighted by Crippen LogP contribution is 2.30. The Balaban J connectivity index is 1.64. The molecule has 1 N–H and O–H groups in total. The molecule has 3 atom stereocenters. The summed E-state index contributed by atoms with van der Waals surface area (Å²) >= 11 is 0. The molecule has 1 aromatic carbocycles. The first kappa shape index (κ1) is 16.5. The molecule has 24 heavy (non-hydrogen) atoms. The third-order valence-corrected chi connectivity index (χ3v) is 5.11. The fourth-order valence-corrected chi connectivity index (χ4v) is 3.60. The Morgan fingerprint density at radius 2 is 1.88 bits per heavy atom. The molecule has 0 unspecified atom stereocenters. The Kier molecular flexibility index (Phi) is 4.55. The summed E-state index contributed by atoms with van der Waals surface area (Å²) in [6.45, 7) is 3.10. The lowest BCUT2D eigenvalue weighted by Gasteiger charge is -2.26. The summed E-state index contributed by atoms with van der Waals surface area (Å²) in [5.41, 5.74) is 1.05. The van der Waals surface area contributed by atoms with E-state index in [-0.39, 0.29) is 36.7 Å². The number of aliphatic carboxylic acids is 1. The molecule has 2 saturated heterocycles. The van der Waals surface area contributed by atoms with Gasteiger partial charge in [0, 0.05) is 26.1 Å². The van der Waals surface area contributed by atoms with E-state index in [0.29, 0.717) is 19.5 Å². The van der Waals surface area contributed by atoms with Crippen molar-refractivity contribution >= 4 is 17.8 Å². The molecule has 0 spiro atoms. The number of benzene rings is 1. The molecule has 1 aromatic rings. The van der Waals surface area contributed by atoms with Crippen LogP contribution in [0.3, 0.4) is 0 Å². The highest BCUT2D eigenvalue weighted by molar-refractivity contribution is 5.90. The van der Waals surface area contributed by atoms with Gasteiger partial charge in [-0.1, -0.05) is 30.3 Å². The molecule has 2 aliphatic heterocycles. The van der Waals surface area contributed by atoms with E-state index in [2.05, 4.69) is 0 Å². The number of nitrogens with zero attached hydrogens (tertiary/aromatic N) is 2. The fourth-order valence-electron chi connectivity index (χ4n) is 3.60. The number of carbonyl (C=O) groups is 3. The Bertz CT molecular complexity index is 646. The van der Waals surface area contributed by atoms with Crippen LogP contribution < -0.4 is 0 Å². The number of carboxylic acid groups (broad SMARTS) is 1. The quantitative estimate of drug-likeness (QED) is 0.908. The second kappa shape index (κ2) is 6.63. The second-order valence-electron chi connectivity index (χ2n) is 6.64. The number of carbonyl (C=O) groups excluding carboxylic acids is 2. The van der Waals surface area contributed by atoms with Gasteiger partial charge in [0.2, 0.25) is 11.8 Å². The largest absolute Gasteiger partial charge is 0.481 e. The van der Waals surface area contributed by atoms with Crippen LogP contribution >= 0.6 is 0 Å². The van der Waals surface area contributed by atoms with Crippen LogP contribution in [0.1, 0.15) is 31.4 Å². The summed E-state index contributed by atoms with van der Waals surface area (Å²) in [6.07, 6.45) is 0.704. The van der Waals surface area contributed by atoms with Gasteiger partial charge in [0.05, 0.1) is 17.9 Å².